The van der Waals surface area contributed by atoms with E-state index in [2.05, 4.69) is 16.2 Å². The largest absolute Gasteiger partial charge is 0.312 e. The van der Waals surface area contributed by atoms with Gasteiger partial charge in [-0.2, -0.15) is 0 Å². The lowest BCUT2D eigenvalue weighted by molar-refractivity contribution is -0.131. The Balaban J connectivity index is 2.08. The molecule has 1 aliphatic heterocycles. The van der Waals surface area contributed by atoms with Crippen LogP contribution in [0.5, 0.6) is 0 Å². The van der Waals surface area contributed by atoms with E-state index in [0.29, 0.717) is 30.8 Å². The second-order valence-corrected chi connectivity index (χ2v) is 4.58. The van der Waals surface area contributed by atoms with Crippen LogP contribution in [0.1, 0.15) is 6.92 Å². The van der Waals surface area contributed by atoms with Crippen molar-refractivity contribution >= 4 is 17.8 Å². The SMILES string of the molecule is CC(NNc1ccccc1F)=C1CNCC1C(=O)C=O. The van der Waals surface area contributed by atoms with Crippen molar-refractivity contribution in [2.24, 2.45) is 5.92 Å². The summed E-state index contributed by atoms with van der Waals surface area (Å²) < 4.78 is 13.4. The molecular weight excluding hydrogens is 261 g/mol. The summed E-state index contributed by atoms with van der Waals surface area (Å²) >= 11 is 0. The van der Waals surface area contributed by atoms with Crippen LogP contribution in [0.25, 0.3) is 0 Å². The van der Waals surface area contributed by atoms with Crippen LogP contribution in [0, 0.1) is 11.7 Å². The normalized spacial score (nSPS) is 20.4. The third-order valence-electron chi connectivity index (χ3n) is 3.28. The second-order valence-electron chi connectivity index (χ2n) is 4.58. The Bertz CT molecular complexity index is 557. The molecule has 0 aromatic heterocycles. The smallest absolute Gasteiger partial charge is 0.203 e. The fourth-order valence-corrected chi connectivity index (χ4v) is 2.15. The minimum absolute atomic E-state index is 0.316. The molecule has 0 bridgehead atoms. The number of hydrazine groups is 1. The molecule has 2 rings (SSSR count). The molecule has 6 heteroatoms. The standard InChI is InChI=1S/C14H16FN3O2/c1-9(10-6-16-7-11(10)14(20)8-19)17-18-13-5-3-2-4-12(13)15/h2-5,8,11,16-18H,6-7H2,1H3. The molecule has 106 valence electrons. The van der Waals surface area contributed by atoms with Gasteiger partial charge >= 0.3 is 0 Å². The number of carbonyl (C=O) groups excluding carboxylic acids is 2. The number of ketones is 1. The van der Waals surface area contributed by atoms with E-state index in [0.717, 1.165) is 5.57 Å². The Morgan fingerprint density at radius 1 is 1.45 bits per heavy atom. The van der Waals surface area contributed by atoms with E-state index in [1.54, 1.807) is 25.1 Å². The van der Waals surface area contributed by atoms with Gasteiger partial charge in [0.2, 0.25) is 5.78 Å². The summed E-state index contributed by atoms with van der Waals surface area (Å²) in [6.07, 6.45) is 0.342. The molecule has 1 saturated heterocycles. The Kier molecular flexibility index (Phi) is 4.47. The van der Waals surface area contributed by atoms with Crippen LogP contribution in [0.2, 0.25) is 0 Å². The maximum absolute atomic E-state index is 13.4. The van der Waals surface area contributed by atoms with E-state index in [-0.39, 0.29) is 5.82 Å². The average molecular weight is 277 g/mol. The summed E-state index contributed by atoms with van der Waals surface area (Å²) in [5.41, 5.74) is 7.46. The van der Waals surface area contributed by atoms with Crippen LogP contribution in [-0.2, 0) is 9.59 Å². The van der Waals surface area contributed by atoms with Crippen LogP contribution in [-0.4, -0.2) is 25.2 Å². The van der Waals surface area contributed by atoms with E-state index < -0.39 is 11.7 Å². The van der Waals surface area contributed by atoms with Crippen LogP contribution in [0.3, 0.4) is 0 Å². The molecule has 1 atom stereocenters. The summed E-state index contributed by atoms with van der Waals surface area (Å²) in [7, 11) is 0. The predicted octanol–water partition coefficient (Wildman–Crippen LogP) is 1.00. The van der Waals surface area contributed by atoms with Gasteiger partial charge in [0.1, 0.15) is 5.82 Å². The molecule has 0 aliphatic carbocycles. The molecule has 0 saturated carbocycles. The zero-order valence-electron chi connectivity index (χ0n) is 11.1. The summed E-state index contributed by atoms with van der Waals surface area (Å²) in [6.45, 7) is 2.76. The lowest BCUT2D eigenvalue weighted by atomic mass is 9.97. The first-order chi connectivity index (χ1) is 9.63. The summed E-state index contributed by atoms with van der Waals surface area (Å²) in [5, 5.41) is 3.05. The number of hydrogen-bond acceptors (Lipinski definition) is 5. The number of Topliss-reactive ketones (excluding diaryl/α,β-unsaturated/α-hetero) is 1. The maximum atomic E-state index is 13.4. The lowest BCUT2D eigenvalue weighted by Gasteiger charge is -2.15. The quantitative estimate of drug-likeness (QED) is 0.425. The Morgan fingerprint density at radius 3 is 2.90 bits per heavy atom. The molecular formula is C14H16FN3O2. The molecule has 5 nitrogen and oxygen atoms in total. The predicted molar refractivity (Wildman–Crippen MR) is 73.3 cm³/mol. The number of aldehydes is 1. The van der Waals surface area contributed by atoms with Crippen molar-refractivity contribution < 1.29 is 14.0 Å². The fraction of sp³-hybridized carbons (Fsp3) is 0.286. The highest BCUT2D eigenvalue weighted by Gasteiger charge is 2.28. The monoisotopic (exact) mass is 277 g/mol. The third kappa shape index (κ3) is 3.03. The van der Waals surface area contributed by atoms with Gasteiger partial charge in [0.05, 0.1) is 11.6 Å². The molecule has 1 heterocycles. The van der Waals surface area contributed by atoms with Gasteiger partial charge in [-0.15, -0.1) is 0 Å². The molecule has 1 aromatic carbocycles. The molecule has 0 spiro atoms. The molecule has 0 amide bonds. The van der Waals surface area contributed by atoms with Gasteiger partial charge in [-0.3, -0.25) is 15.0 Å². The molecule has 20 heavy (non-hydrogen) atoms. The maximum Gasteiger partial charge on any atom is 0.203 e. The van der Waals surface area contributed by atoms with Gasteiger partial charge in [-0.1, -0.05) is 12.1 Å². The van der Waals surface area contributed by atoms with Gasteiger partial charge < -0.3 is 10.7 Å². The number of para-hydroxylation sites is 1. The minimum Gasteiger partial charge on any atom is -0.312 e. The van der Waals surface area contributed by atoms with Crippen LogP contribution < -0.4 is 16.2 Å². The van der Waals surface area contributed by atoms with Gasteiger partial charge in [0.25, 0.3) is 0 Å². The molecule has 1 aromatic rings. The Morgan fingerprint density at radius 2 is 2.20 bits per heavy atom. The van der Waals surface area contributed by atoms with E-state index in [9.17, 15) is 14.0 Å². The first kappa shape index (κ1) is 14.2. The van der Waals surface area contributed by atoms with E-state index in [1.807, 2.05) is 0 Å². The zero-order valence-corrected chi connectivity index (χ0v) is 11.1. The van der Waals surface area contributed by atoms with Crippen molar-refractivity contribution in [2.45, 2.75) is 6.92 Å². The minimum atomic E-state index is -0.447. The zero-order chi connectivity index (χ0) is 14.5. The van der Waals surface area contributed by atoms with Crippen LogP contribution >= 0.6 is 0 Å². The number of anilines is 1. The second kappa shape index (κ2) is 6.29. The van der Waals surface area contributed by atoms with Gasteiger partial charge in [-0.25, -0.2) is 4.39 Å². The molecule has 0 radical (unpaired) electrons. The van der Waals surface area contributed by atoms with Gasteiger partial charge in [0, 0.05) is 18.8 Å². The fourth-order valence-electron chi connectivity index (χ4n) is 2.15. The highest BCUT2D eigenvalue weighted by atomic mass is 19.1. The number of rotatable bonds is 5. The topological polar surface area (TPSA) is 70.2 Å². The summed E-state index contributed by atoms with van der Waals surface area (Å²) in [4.78, 5) is 22.1. The van der Waals surface area contributed by atoms with Crippen molar-refractivity contribution in [3.63, 3.8) is 0 Å². The number of benzene rings is 1. The van der Waals surface area contributed by atoms with Gasteiger partial charge in [0.15, 0.2) is 6.29 Å². The number of halogens is 1. The molecule has 1 aliphatic rings. The van der Waals surface area contributed by atoms with E-state index in [4.69, 9.17) is 0 Å². The van der Waals surface area contributed by atoms with Crippen LogP contribution in [0.4, 0.5) is 10.1 Å². The Hall–Kier alpha value is -2.21. The van der Waals surface area contributed by atoms with Crippen LogP contribution in [0.15, 0.2) is 35.5 Å². The van der Waals surface area contributed by atoms with Crippen molar-refractivity contribution in [1.29, 1.82) is 0 Å². The number of hydrogen-bond donors (Lipinski definition) is 3. The highest BCUT2D eigenvalue weighted by molar-refractivity contribution is 6.27. The van der Waals surface area contributed by atoms with Crippen molar-refractivity contribution in [1.82, 2.24) is 10.7 Å². The number of nitrogens with one attached hydrogen (secondary N) is 3. The molecule has 1 unspecified atom stereocenters. The lowest BCUT2D eigenvalue weighted by Crippen LogP contribution is -2.25. The summed E-state index contributed by atoms with van der Waals surface area (Å²) in [6, 6.07) is 6.26. The molecule has 1 fully saturated rings. The van der Waals surface area contributed by atoms with Crippen molar-refractivity contribution in [3.05, 3.63) is 41.4 Å². The average Bonchev–Trinajstić information content (AvgIpc) is 2.94. The number of allylic oxidation sites excluding steroid dienone is 1. The summed E-state index contributed by atoms with van der Waals surface area (Å²) in [5.74, 6) is -1.26. The molecule has 3 N–H and O–H groups in total. The highest BCUT2D eigenvalue weighted by Crippen LogP contribution is 2.19. The van der Waals surface area contributed by atoms with Gasteiger partial charge in [-0.05, 0) is 24.6 Å². The van der Waals surface area contributed by atoms with Crippen molar-refractivity contribution in [2.75, 3.05) is 18.5 Å². The first-order valence-electron chi connectivity index (χ1n) is 6.29. The van der Waals surface area contributed by atoms with E-state index in [1.165, 1.54) is 6.07 Å². The first-order valence-corrected chi connectivity index (χ1v) is 6.29. The Labute approximate surface area is 116 Å². The third-order valence-corrected chi connectivity index (χ3v) is 3.28. The van der Waals surface area contributed by atoms with Crippen molar-refractivity contribution in [3.8, 4) is 0 Å². The number of carbonyl (C=O) groups is 2. The van der Waals surface area contributed by atoms with E-state index >= 15 is 0 Å².